The lowest BCUT2D eigenvalue weighted by molar-refractivity contribution is 0.112. The number of aldehydes is 1. The summed E-state index contributed by atoms with van der Waals surface area (Å²) in [4.78, 5) is 11.6. The van der Waals surface area contributed by atoms with Crippen LogP contribution in [0.15, 0.2) is 52.3 Å². The van der Waals surface area contributed by atoms with E-state index in [-0.39, 0.29) is 0 Å². The maximum Gasteiger partial charge on any atom is 0.150 e. The van der Waals surface area contributed by atoms with Crippen LogP contribution >= 0.6 is 11.8 Å². The Balaban J connectivity index is 2.22. The van der Waals surface area contributed by atoms with Crippen LogP contribution in [0.5, 0.6) is 0 Å². The molecule has 0 saturated heterocycles. The van der Waals surface area contributed by atoms with Crippen LogP contribution in [0.25, 0.3) is 0 Å². The van der Waals surface area contributed by atoms with Gasteiger partial charge in [-0.15, -0.1) is 0 Å². The molecule has 0 saturated carbocycles. The minimum absolute atomic E-state index is 0.352. The third-order valence-corrected chi connectivity index (χ3v) is 3.20. The lowest BCUT2D eigenvalue weighted by atomic mass is 10.2. The molecule has 2 rings (SSSR count). The van der Waals surface area contributed by atoms with Crippen LogP contribution in [0.3, 0.4) is 0 Å². The molecule has 0 aromatic heterocycles. The largest absolute Gasteiger partial charge is 0.298 e. The average Bonchev–Trinajstić information content (AvgIpc) is 2.34. The second-order valence-electron chi connectivity index (χ2n) is 3.36. The van der Waals surface area contributed by atoms with Crippen LogP contribution in [0.2, 0.25) is 0 Å². The van der Waals surface area contributed by atoms with Gasteiger partial charge in [0.05, 0.1) is 0 Å². The zero-order valence-corrected chi connectivity index (χ0v) is 9.51. The van der Waals surface area contributed by atoms with E-state index in [0.29, 0.717) is 10.5 Å². The van der Waals surface area contributed by atoms with E-state index in [0.717, 1.165) is 17.2 Å². The molecule has 0 unspecified atom stereocenters. The van der Waals surface area contributed by atoms with Crippen LogP contribution < -0.4 is 0 Å². The van der Waals surface area contributed by atoms with E-state index in [1.54, 1.807) is 24.3 Å². The summed E-state index contributed by atoms with van der Waals surface area (Å²) in [5.74, 6) is -1.18. The number of benzene rings is 2. The maximum absolute atomic E-state index is 13.4. The highest BCUT2D eigenvalue weighted by Crippen LogP contribution is 2.30. The topological polar surface area (TPSA) is 17.1 Å². The Morgan fingerprint density at radius 3 is 2.29 bits per heavy atom. The molecule has 2 aromatic rings. The van der Waals surface area contributed by atoms with Gasteiger partial charge in [-0.2, -0.15) is 0 Å². The summed E-state index contributed by atoms with van der Waals surface area (Å²) in [7, 11) is 0. The number of hydrogen-bond donors (Lipinski definition) is 0. The first-order valence-electron chi connectivity index (χ1n) is 4.87. The van der Waals surface area contributed by atoms with Crippen molar-refractivity contribution >= 4 is 18.0 Å². The van der Waals surface area contributed by atoms with E-state index >= 15 is 0 Å². The van der Waals surface area contributed by atoms with Gasteiger partial charge in [0.2, 0.25) is 0 Å². The van der Waals surface area contributed by atoms with Crippen LogP contribution in [-0.4, -0.2) is 6.29 Å². The number of hydrogen-bond acceptors (Lipinski definition) is 2. The minimum atomic E-state index is -0.594. The second-order valence-corrected chi connectivity index (χ2v) is 4.48. The van der Waals surface area contributed by atoms with Crippen LogP contribution in [0.1, 0.15) is 10.4 Å². The third kappa shape index (κ3) is 2.91. The van der Waals surface area contributed by atoms with E-state index in [1.807, 2.05) is 0 Å². The number of carbonyl (C=O) groups is 1. The summed E-state index contributed by atoms with van der Waals surface area (Å²) in [6.07, 6.45) is 0.743. The molecule has 0 amide bonds. The average molecular weight is 250 g/mol. The molecule has 0 radical (unpaired) electrons. The predicted molar refractivity (Wildman–Crippen MR) is 62.3 cm³/mol. The molecule has 0 aliphatic rings. The third-order valence-electron chi connectivity index (χ3n) is 2.14. The Morgan fingerprint density at radius 2 is 1.71 bits per heavy atom. The molecule has 4 heteroatoms. The molecule has 0 spiro atoms. The number of halogens is 2. The van der Waals surface area contributed by atoms with Crippen molar-refractivity contribution in [3.63, 3.8) is 0 Å². The Bertz CT molecular complexity index is 538. The van der Waals surface area contributed by atoms with Gasteiger partial charge in [-0.25, -0.2) is 8.78 Å². The highest BCUT2D eigenvalue weighted by molar-refractivity contribution is 7.99. The van der Waals surface area contributed by atoms with E-state index in [2.05, 4.69) is 0 Å². The van der Waals surface area contributed by atoms with Gasteiger partial charge in [-0.1, -0.05) is 23.9 Å². The Morgan fingerprint density at radius 1 is 1.00 bits per heavy atom. The molecule has 0 atom stereocenters. The van der Waals surface area contributed by atoms with Gasteiger partial charge in [0.25, 0.3) is 0 Å². The second kappa shape index (κ2) is 5.10. The Hall–Kier alpha value is -1.68. The molecule has 0 aliphatic heterocycles. The number of rotatable bonds is 3. The summed E-state index contributed by atoms with van der Waals surface area (Å²) in [5, 5.41) is 0. The smallest absolute Gasteiger partial charge is 0.150 e. The Labute approximate surface area is 101 Å². The number of carbonyl (C=O) groups excluding carboxylic acids is 1. The zero-order valence-electron chi connectivity index (χ0n) is 8.69. The molecule has 0 N–H and O–H groups in total. The minimum Gasteiger partial charge on any atom is -0.298 e. The SMILES string of the molecule is O=Cc1ccc(Sc2ccc(F)cc2F)cc1. The van der Waals surface area contributed by atoms with Gasteiger partial charge < -0.3 is 0 Å². The Kier molecular flexibility index (Phi) is 3.54. The van der Waals surface area contributed by atoms with Gasteiger partial charge in [-0.3, -0.25) is 4.79 Å². The van der Waals surface area contributed by atoms with Crippen molar-refractivity contribution in [1.82, 2.24) is 0 Å². The van der Waals surface area contributed by atoms with Crippen molar-refractivity contribution in [2.45, 2.75) is 9.79 Å². The highest BCUT2D eigenvalue weighted by atomic mass is 32.2. The first-order chi connectivity index (χ1) is 8.19. The van der Waals surface area contributed by atoms with Gasteiger partial charge in [-0.05, 0) is 24.3 Å². The summed E-state index contributed by atoms with van der Waals surface area (Å²) in [6.45, 7) is 0. The molecule has 0 heterocycles. The van der Waals surface area contributed by atoms with Crippen molar-refractivity contribution in [3.8, 4) is 0 Å². The normalized spacial score (nSPS) is 10.2. The first-order valence-corrected chi connectivity index (χ1v) is 5.69. The molecule has 0 bridgehead atoms. The molecule has 0 fully saturated rings. The lowest BCUT2D eigenvalue weighted by Gasteiger charge is -2.03. The molecule has 17 heavy (non-hydrogen) atoms. The quantitative estimate of drug-likeness (QED) is 0.768. The summed E-state index contributed by atoms with van der Waals surface area (Å²) < 4.78 is 26.1. The fourth-order valence-electron chi connectivity index (χ4n) is 1.30. The molecule has 86 valence electrons. The highest BCUT2D eigenvalue weighted by Gasteiger charge is 2.05. The fraction of sp³-hybridized carbons (Fsp3) is 0. The standard InChI is InChI=1S/C13H8F2OS/c14-10-3-6-13(12(15)7-10)17-11-4-1-9(8-16)2-5-11/h1-8H. The van der Waals surface area contributed by atoms with Crippen LogP contribution in [0, 0.1) is 11.6 Å². The van der Waals surface area contributed by atoms with Crippen LogP contribution in [-0.2, 0) is 0 Å². The van der Waals surface area contributed by atoms with Gasteiger partial charge in [0.1, 0.15) is 17.9 Å². The molecule has 0 aliphatic carbocycles. The van der Waals surface area contributed by atoms with E-state index in [1.165, 1.54) is 23.9 Å². The van der Waals surface area contributed by atoms with Crippen molar-refractivity contribution in [3.05, 3.63) is 59.7 Å². The van der Waals surface area contributed by atoms with Crippen molar-refractivity contribution in [1.29, 1.82) is 0 Å². The van der Waals surface area contributed by atoms with Crippen LogP contribution in [0.4, 0.5) is 8.78 Å². The van der Waals surface area contributed by atoms with Gasteiger partial charge in [0, 0.05) is 21.4 Å². The first kappa shape index (κ1) is 11.8. The maximum atomic E-state index is 13.4. The summed E-state index contributed by atoms with van der Waals surface area (Å²) in [6, 6.07) is 10.2. The predicted octanol–water partition coefficient (Wildman–Crippen LogP) is 3.93. The molecule has 2 aromatic carbocycles. The van der Waals surface area contributed by atoms with Gasteiger partial charge >= 0.3 is 0 Å². The zero-order chi connectivity index (χ0) is 12.3. The van der Waals surface area contributed by atoms with E-state index in [9.17, 15) is 13.6 Å². The van der Waals surface area contributed by atoms with Gasteiger partial charge in [0.15, 0.2) is 0 Å². The van der Waals surface area contributed by atoms with E-state index < -0.39 is 11.6 Å². The molecule has 1 nitrogen and oxygen atoms in total. The van der Waals surface area contributed by atoms with Crippen molar-refractivity contribution < 1.29 is 13.6 Å². The molecular weight excluding hydrogens is 242 g/mol. The molecular formula is C13H8F2OS. The van der Waals surface area contributed by atoms with E-state index in [4.69, 9.17) is 0 Å². The van der Waals surface area contributed by atoms with Crippen molar-refractivity contribution in [2.75, 3.05) is 0 Å². The fourth-order valence-corrected chi connectivity index (χ4v) is 2.12. The lowest BCUT2D eigenvalue weighted by Crippen LogP contribution is -1.84. The van der Waals surface area contributed by atoms with Crippen molar-refractivity contribution in [2.24, 2.45) is 0 Å². The summed E-state index contributed by atoms with van der Waals surface area (Å²) in [5.41, 5.74) is 0.564. The monoisotopic (exact) mass is 250 g/mol. The summed E-state index contributed by atoms with van der Waals surface area (Å²) >= 11 is 1.18.